The van der Waals surface area contributed by atoms with E-state index >= 15 is 0 Å². The Morgan fingerprint density at radius 1 is 1.56 bits per heavy atom. The fraction of sp³-hybridized carbons (Fsp3) is 0.909. The van der Waals surface area contributed by atoms with Crippen molar-refractivity contribution >= 4 is 17.7 Å². The molecule has 96 valence electrons. The summed E-state index contributed by atoms with van der Waals surface area (Å²) in [6, 6.07) is -0.264. The van der Waals surface area contributed by atoms with Crippen LogP contribution in [0.25, 0.3) is 0 Å². The number of carbonyl (C=O) groups excluding carboxylic acids is 1. The smallest absolute Gasteiger partial charge is 0.236 e. The first-order valence-electron chi connectivity index (χ1n) is 5.65. The molecule has 0 aromatic carbocycles. The maximum Gasteiger partial charge on any atom is 0.236 e. The van der Waals surface area contributed by atoms with E-state index < -0.39 is 5.60 Å². The molecule has 0 aromatic heterocycles. The van der Waals surface area contributed by atoms with Crippen molar-refractivity contribution in [1.29, 1.82) is 0 Å². The molecule has 0 aliphatic carbocycles. The van der Waals surface area contributed by atoms with Gasteiger partial charge in [-0.25, -0.2) is 0 Å². The lowest BCUT2D eigenvalue weighted by atomic mass is 10.1. The van der Waals surface area contributed by atoms with Crippen LogP contribution in [0.2, 0.25) is 0 Å². The molecule has 0 aliphatic rings. The van der Waals surface area contributed by atoms with Crippen molar-refractivity contribution in [3.05, 3.63) is 0 Å². The molecule has 0 fully saturated rings. The molecule has 1 amide bonds. The van der Waals surface area contributed by atoms with Crippen molar-refractivity contribution in [3.63, 3.8) is 0 Å². The highest BCUT2D eigenvalue weighted by Gasteiger charge is 2.21. The zero-order valence-electron chi connectivity index (χ0n) is 10.7. The topological polar surface area (TPSA) is 61.4 Å². The monoisotopic (exact) mass is 248 g/mol. The normalized spacial score (nSPS) is 16.6. The van der Waals surface area contributed by atoms with Crippen LogP contribution in [0.15, 0.2) is 0 Å². The van der Waals surface area contributed by atoms with Gasteiger partial charge in [0.25, 0.3) is 0 Å². The second kappa shape index (κ2) is 7.92. The quantitative estimate of drug-likeness (QED) is 0.589. The fourth-order valence-electron chi connectivity index (χ4n) is 1.23. The number of rotatable bonds is 8. The van der Waals surface area contributed by atoms with Crippen LogP contribution in [0.4, 0.5) is 0 Å². The molecule has 0 rings (SSSR count). The van der Waals surface area contributed by atoms with Gasteiger partial charge >= 0.3 is 0 Å². The number of thioether (sulfide) groups is 1. The summed E-state index contributed by atoms with van der Waals surface area (Å²) in [5.74, 6) is 0.644. The molecule has 0 saturated carbocycles. The molecular formula is C11H24N2O2S. The molecule has 2 unspecified atom stereocenters. The van der Waals surface area contributed by atoms with Gasteiger partial charge < -0.3 is 15.7 Å². The first kappa shape index (κ1) is 15.7. The summed E-state index contributed by atoms with van der Waals surface area (Å²) in [7, 11) is 0. The Balaban J connectivity index is 3.87. The third-order valence-electron chi connectivity index (χ3n) is 2.19. The van der Waals surface area contributed by atoms with Crippen molar-refractivity contribution < 1.29 is 9.90 Å². The molecule has 3 N–H and O–H groups in total. The predicted molar refractivity (Wildman–Crippen MR) is 69.8 cm³/mol. The Morgan fingerprint density at radius 2 is 2.19 bits per heavy atom. The molecule has 0 saturated heterocycles. The van der Waals surface area contributed by atoms with E-state index in [-0.39, 0.29) is 11.9 Å². The number of nitrogens with one attached hydrogen (secondary N) is 2. The van der Waals surface area contributed by atoms with Crippen LogP contribution in [0.1, 0.15) is 27.2 Å². The van der Waals surface area contributed by atoms with Gasteiger partial charge in [0.2, 0.25) is 5.91 Å². The van der Waals surface area contributed by atoms with E-state index in [4.69, 9.17) is 0 Å². The minimum absolute atomic E-state index is 0.0122. The second-order valence-electron chi connectivity index (χ2n) is 4.32. The lowest BCUT2D eigenvalue weighted by Crippen LogP contribution is -2.49. The van der Waals surface area contributed by atoms with E-state index in [1.165, 1.54) is 0 Å². The van der Waals surface area contributed by atoms with Gasteiger partial charge in [0, 0.05) is 18.8 Å². The predicted octanol–water partition coefficient (Wildman–Crippen LogP) is 0.605. The summed E-state index contributed by atoms with van der Waals surface area (Å²) in [5.41, 5.74) is -0.765. The Hall–Kier alpha value is -0.260. The SMILES string of the molecule is CCCNC(=O)C(C)NCC(C)(O)CSC. The molecule has 4 nitrogen and oxygen atoms in total. The van der Waals surface area contributed by atoms with Crippen molar-refractivity contribution in [2.45, 2.75) is 38.8 Å². The molecule has 0 aromatic rings. The standard InChI is InChI=1S/C11H24N2O2S/c1-5-6-12-10(14)9(2)13-7-11(3,15)8-16-4/h9,13,15H,5-8H2,1-4H3,(H,12,14). The summed E-state index contributed by atoms with van der Waals surface area (Å²) in [5, 5.41) is 15.8. The Bertz CT molecular complexity index is 210. The van der Waals surface area contributed by atoms with Crippen LogP contribution in [-0.4, -0.2) is 47.8 Å². The van der Waals surface area contributed by atoms with Gasteiger partial charge in [0.1, 0.15) is 0 Å². The first-order chi connectivity index (χ1) is 7.43. The average molecular weight is 248 g/mol. The number of hydrogen-bond acceptors (Lipinski definition) is 4. The van der Waals surface area contributed by atoms with Gasteiger partial charge in [0.15, 0.2) is 0 Å². The molecule has 16 heavy (non-hydrogen) atoms. The minimum atomic E-state index is -0.765. The van der Waals surface area contributed by atoms with Crippen LogP contribution in [0, 0.1) is 0 Å². The van der Waals surface area contributed by atoms with Gasteiger partial charge in [-0.3, -0.25) is 4.79 Å². The number of aliphatic hydroxyl groups is 1. The highest BCUT2D eigenvalue weighted by Crippen LogP contribution is 2.09. The highest BCUT2D eigenvalue weighted by atomic mass is 32.2. The Morgan fingerprint density at radius 3 is 2.69 bits per heavy atom. The van der Waals surface area contributed by atoms with E-state index in [0.29, 0.717) is 18.8 Å². The van der Waals surface area contributed by atoms with Gasteiger partial charge in [-0.05, 0) is 26.5 Å². The molecule has 0 heterocycles. The Labute approximate surface area is 103 Å². The van der Waals surface area contributed by atoms with E-state index in [0.717, 1.165) is 6.42 Å². The molecule has 0 radical (unpaired) electrons. The zero-order chi connectivity index (χ0) is 12.6. The lowest BCUT2D eigenvalue weighted by Gasteiger charge is -2.24. The van der Waals surface area contributed by atoms with Gasteiger partial charge in [-0.1, -0.05) is 6.92 Å². The van der Waals surface area contributed by atoms with Crippen LogP contribution >= 0.6 is 11.8 Å². The Kier molecular flexibility index (Phi) is 7.80. The highest BCUT2D eigenvalue weighted by molar-refractivity contribution is 7.98. The lowest BCUT2D eigenvalue weighted by molar-refractivity contribution is -0.122. The average Bonchev–Trinajstić information content (AvgIpc) is 2.22. The van der Waals surface area contributed by atoms with Crippen molar-refractivity contribution in [3.8, 4) is 0 Å². The van der Waals surface area contributed by atoms with E-state index in [2.05, 4.69) is 10.6 Å². The number of carbonyl (C=O) groups is 1. The minimum Gasteiger partial charge on any atom is -0.388 e. The maximum absolute atomic E-state index is 11.5. The number of amides is 1. The van der Waals surface area contributed by atoms with E-state index in [1.807, 2.05) is 13.2 Å². The molecule has 5 heteroatoms. The van der Waals surface area contributed by atoms with Crippen LogP contribution in [0.5, 0.6) is 0 Å². The van der Waals surface area contributed by atoms with Crippen molar-refractivity contribution in [1.82, 2.24) is 10.6 Å². The van der Waals surface area contributed by atoms with Gasteiger partial charge in [-0.15, -0.1) is 0 Å². The van der Waals surface area contributed by atoms with Crippen molar-refractivity contribution in [2.24, 2.45) is 0 Å². The van der Waals surface area contributed by atoms with Gasteiger partial charge in [0.05, 0.1) is 11.6 Å². The van der Waals surface area contributed by atoms with E-state index in [9.17, 15) is 9.90 Å². The summed E-state index contributed by atoms with van der Waals surface area (Å²) in [6.07, 6.45) is 2.88. The number of hydrogen-bond donors (Lipinski definition) is 3. The largest absolute Gasteiger partial charge is 0.388 e. The summed E-state index contributed by atoms with van der Waals surface area (Å²) < 4.78 is 0. The fourth-order valence-corrected chi connectivity index (χ4v) is 1.95. The molecule has 0 bridgehead atoms. The molecular weight excluding hydrogens is 224 g/mol. The van der Waals surface area contributed by atoms with Crippen LogP contribution in [0.3, 0.4) is 0 Å². The zero-order valence-corrected chi connectivity index (χ0v) is 11.5. The molecule has 0 spiro atoms. The summed E-state index contributed by atoms with van der Waals surface area (Å²) >= 11 is 1.59. The third-order valence-corrected chi connectivity index (χ3v) is 3.10. The first-order valence-corrected chi connectivity index (χ1v) is 7.04. The van der Waals surface area contributed by atoms with Crippen molar-refractivity contribution in [2.75, 3.05) is 25.1 Å². The van der Waals surface area contributed by atoms with Gasteiger partial charge in [-0.2, -0.15) is 11.8 Å². The van der Waals surface area contributed by atoms with Crippen LogP contribution in [-0.2, 0) is 4.79 Å². The maximum atomic E-state index is 11.5. The van der Waals surface area contributed by atoms with Crippen LogP contribution < -0.4 is 10.6 Å². The second-order valence-corrected chi connectivity index (χ2v) is 5.19. The molecule has 0 aliphatic heterocycles. The van der Waals surface area contributed by atoms with E-state index in [1.54, 1.807) is 25.6 Å². The summed E-state index contributed by atoms with van der Waals surface area (Å²) in [6.45, 7) is 6.72. The summed E-state index contributed by atoms with van der Waals surface area (Å²) in [4.78, 5) is 11.5. The third kappa shape index (κ3) is 7.09. The molecule has 2 atom stereocenters.